The summed E-state index contributed by atoms with van der Waals surface area (Å²) in [6.45, 7) is 5.12. The molecule has 0 aromatic rings. The number of halogens is 2. The van der Waals surface area contributed by atoms with Crippen LogP contribution in [-0.2, 0) is 14.3 Å². The average Bonchev–Trinajstić information content (AvgIpc) is 2.93. The number of carbonyl (C=O) groups is 2. The first-order chi connectivity index (χ1) is 10.1. The van der Waals surface area contributed by atoms with Crippen LogP contribution in [0.5, 0.6) is 0 Å². The Balaban J connectivity index is 2.19. The number of nitrogens with one attached hydrogen (secondary N) is 1. The molecule has 0 unspecified atom stereocenters. The molecule has 1 N–H and O–H groups in total. The van der Waals surface area contributed by atoms with Gasteiger partial charge in [-0.15, -0.1) is 0 Å². The highest BCUT2D eigenvalue weighted by atomic mass is 19.3. The number of alkyl carbamates (subject to hydrolysis) is 1. The highest BCUT2D eigenvalue weighted by molar-refractivity contribution is 5.77. The molecule has 22 heavy (non-hydrogen) atoms. The lowest BCUT2D eigenvalue weighted by molar-refractivity contribution is -0.147. The number of ether oxygens (including phenoxy) is 2. The average molecular weight is 317 g/mol. The second-order valence-electron chi connectivity index (χ2n) is 6.81. The Morgan fingerprint density at radius 1 is 1.27 bits per heavy atom. The third-order valence-electron chi connectivity index (χ3n) is 4.21. The van der Waals surface area contributed by atoms with E-state index in [1.54, 1.807) is 20.8 Å². The molecule has 0 aliphatic heterocycles. The summed E-state index contributed by atoms with van der Waals surface area (Å²) in [6, 6.07) is -0.711. The quantitative estimate of drug-likeness (QED) is 0.795. The number of esters is 1. The molecule has 0 heterocycles. The minimum Gasteiger partial charge on any atom is -0.469 e. The van der Waals surface area contributed by atoms with Gasteiger partial charge in [0.1, 0.15) is 5.60 Å². The molecule has 0 aromatic heterocycles. The van der Waals surface area contributed by atoms with Crippen LogP contribution < -0.4 is 5.32 Å². The molecule has 2 bridgehead atoms. The van der Waals surface area contributed by atoms with Crippen molar-refractivity contribution in [1.29, 1.82) is 0 Å². The lowest BCUT2D eigenvalue weighted by Gasteiger charge is -2.31. The van der Waals surface area contributed by atoms with Crippen molar-refractivity contribution >= 4 is 12.1 Å². The van der Waals surface area contributed by atoms with Crippen LogP contribution in [0.3, 0.4) is 0 Å². The molecule has 1 amide bonds. The summed E-state index contributed by atoms with van der Waals surface area (Å²) in [6.07, 6.45) is -1.80. The van der Waals surface area contributed by atoms with Gasteiger partial charge in [0.15, 0.2) is 0 Å². The fourth-order valence-corrected chi connectivity index (χ4v) is 3.49. The molecule has 2 saturated carbocycles. The lowest BCUT2D eigenvalue weighted by Crippen LogP contribution is -2.49. The Hall–Kier alpha value is -1.66. The Bertz CT molecular complexity index is 508. The van der Waals surface area contributed by atoms with Gasteiger partial charge in [-0.2, -0.15) is 8.78 Å². The SMILES string of the molecule is COC(=O)[C@H]1[C@@H]2CC(=C(F)F)[C@@H](C2)[C@H]1NC(=O)OC(C)(C)C. The zero-order valence-corrected chi connectivity index (χ0v) is 13.1. The maximum atomic E-state index is 13.0. The van der Waals surface area contributed by atoms with Crippen molar-refractivity contribution in [3.8, 4) is 0 Å². The van der Waals surface area contributed by atoms with Crippen LogP contribution in [0.25, 0.3) is 0 Å². The van der Waals surface area contributed by atoms with Gasteiger partial charge in [0.2, 0.25) is 0 Å². The number of amides is 1. The molecule has 0 radical (unpaired) electrons. The van der Waals surface area contributed by atoms with Crippen molar-refractivity contribution in [3.05, 3.63) is 11.7 Å². The van der Waals surface area contributed by atoms with E-state index in [0.29, 0.717) is 6.42 Å². The van der Waals surface area contributed by atoms with E-state index in [1.165, 1.54) is 7.11 Å². The van der Waals surface area contributed by atoms with Crippen LogP contribution in [0, 0.1) is 17.8 Å². The predicted octanol–water partition coefficient (Wildman–Crippen LogP) is 2.86. The predicted molar refractivity (Wildman–Crippen MR) is 74.1 cm³/mol. The van der Waals surface area contributed by atoms with E-state index in [2.05, 4.69) is 5.32 Å². The summed E-state index contributed by atoms with van der Waals surface area (Å²) in [7, 11) is 1.26. The largest absolute Gasteiger partial charge is 0.469 e. The van der Waals surface area contributed by atoms with Crippen LogP contribution in [0.4, 0.5) is 13.6 Å². The number of carbonyl (C=O) groups excluding carboxylic acids is 2. The topological polar surface area (TPSA) is 64.6 Å². The van der Waals surface area contributed by atoms with Gasteiger partial charge in [-0.05, 0) is 39.5 Å². The molecule has 124 valence electrons. The first kappa shape index (κ1) is 16.7. The van der Waals surface area contributed by atoms with Gasteiger partial charge in [0.25, 0.3) is 6.08 Å². The summed E-state index contributed by atoms with van der Waals surface area (Å²) < 4.78 is 35.9. The third kappa shape index (κ3) is 3.23. The van der Waals surface area contributed by atoms with Gasteiger partial charge in [0.05, 0.1) is 19.1 Å². The Morgan fingerprint density at radius 2 is 1.91 bits per heavy atom. The standard InChI is InChI=1S/C15H21F2NO4/c1-15(2,3)22-14(20)18-11-8-5-7(6-9(8)12(16)17)10(11)13(19)21-4/h7-8,10-11H,5-6H2,1-4H3,(H,18,20)/t7-,8+,10-,11+/m0/s1. The summed E-state index contributed by atoms with van der Waals surface area (Å²) in [5, 5.41) is 2.59. The lowest BCUT2D eigenvalue weighted by atomic mass is 9.82. The first-order valence-corrected chi connectivity index (χ1v) is 7.25. The van der Waals surface area contributed by atoms with Crippen LogP contribution in [0.2, 0.25) is 0 Å². The summed E-state index contributed by atoms with van der Waals surface area (Å²) in [4.78, 5) is 23.9. The second kappa shape index (κ2) is 5.85. The van der Waals surface area contributed by atoms with Crippen molar-refractivity contribution in [1.82, 2.24) is 5.32 Å². The van der Waals surface area contributed by atoms with Crippen molar-refractivity contribution in [3.63, 3.8) is 0 Å². The van der Waals surface area contributed by atoms with E-state index in [9.17, 15) is 18.4 Å². The molecule has 0 aromatic carbocycles. The number of fused-ring (bicyclic) bond motifs is 2. The monoisotopic (exact) mass is 317 g/mol. The highest BCUT2D eigenvalue weighted by Crippen LogP contribution is 2.53. The molecule has 7 heteroatoms. The van der Waals surface area contributed by atoms with E-state index in [4.69, 9.17) is 9.47 Å². The Labute approximate surface area is 128 Å². The molecule has 2 fully saturated rings. The van der Waals surface area contributed by atoms with Crippen molar-refractivity contribution < 1.29 is 27.8 Å². The smallest absolute Gasteiger partial charge is 0.407 e. The van der Waals surface area contributed by atoms with Gasteiger partial charge in [-0.3, -0.25) is 4.79 Å². The van der Waals surface area contributed by atoms with E-state index < -0.39 is 41.6 Å². The van der Waals surface area contributed by atoms with E-state index in [1.807, 2.05) is 0 Å². The van der Waals surface area contributed by atoms with Crippen molar-refractivity contribution in [2.45, 2.75) is 45.3 Å². The van der Waals surface area contributed by atoms with Crippen molar-refractivity contribution in [2.75, 3.05) is 7.11 Å². The molecular weight excluding hydrogens is 296 g/mol. The van der Waals surface area contributed by atoms with Crippen molar-refractivity contribution in [2.24, 2.45) is 17.8 Å². The van der Waals surface area contributed by atoms with Crippen LogP contribution in [0.1, 0.15) is 33.6 Å². The van der Waals surface area contributed by atoms with Crippen LogP contribution in [0.15, 0.2) is 11.7 Å². The maximum absolute atomic E-state index is 13.0. The molecule has 4 atom stereocenters. The molecule has 0 spiro atoms. The summed E-state index contributed by atoms with van der Waals surface area (Å²) >= 11 is 0. The van der Waals surface area contributed by atoms with E-state index >= 15 is 0 Å². The summed E-state index contributed by atoms with van der Waals surface area (Å²) in [5.41, 5.74) is -0.668. The fourth-order valence-electron chi connectivity index (χ4n) is 3.49. The molecule has 0 saturated heterocycles. The fraction of sp³-hybridized carbons (Fsp3) is 0.733. The number of methoxy groups -OCH3 is 1. The second-order valence-corrected chi connectivity index (χ2v) is 6.81. The molecule has 2 aliphatic carbocycles. The summed E-state index contributed by atoms with van der Waals surface area (Å²) in [5.74, 6) is -1.85. The minimum atomic E-state index is -1.72. The number of hydrogen-bond acceptors (Lipinski definition) is 4. The molecule has 5 nitrogen and oxygen atoms in total. The van der Waals surface area contributed by atoms with Gasteiger partial charge in [0, 0.05) is 11.5 Å². The number of hydrogen-bond donors (Lipinski definition) is 1. The highest BCUT2D eigenvalue weighted by Gasteiger charge is 2.55. The first-order valence-electron chi connectivity index (χ1n) is 7.25. The van der Waals surface area contributed by atoms with Gasteiger partial charge in [-0.1, -0.05) is 0 Å². The molecule has 2 rings (SSSR count). The minimum absolute atomic E-state index is 0.0335. The molecule has 2 aliphatic rings. The Kier molecular flexibility index (Phi) is 4.44. The zero-order chi connectivity index (χ0) is 16.7. The normalized spacial score (nSPS) is 30.2. The number of rotatable bonds is 2. The van der Waals surface area contributed by atoms with Gasteiger partial charge < -0.3 is 14.8 Å². The van der Waals surface area contributed by atoms with Gasteiger partial charge in [-0.25, -0.2) is 4.79 Å². The van der Waals surface area contributed by atoms with Crippen LogP contribution in [-0.4, -0.2) is 30.8 Å². The third-order valence-corrected chi connectivity index (χ3v) is 4.21. The Morgan fingerprint density at radius 3 is 2.41 bits per heavy atom. The van der Waals surface area contributed by atoms with E-state index in [-0.39, 0.29) is 17.9 Å². The molecular formula is C15H21F2NO4. The van der Waals surface area contributed by atoms with E-state index in [0.717, 1.165) is 0 Å². The zero-order valence-electron chi connectivity index (χ0n) is 13.1. The maximum Gasteiger partial charge on any atom is 0.407 e. The van der Waals surface area contributed by atoms with Gasteiger partial charge >= 0.3 is 12.1 Å². The van der Waals surface area contributed by atoms with Crippen LogP contribution >= 0.6 is 0 Å².